The Morgan fingerprint density at radius 2 is 1.44 bits per heavy atom. The molecule has 0 saturated heterocycles. The topological polar surface area (TPSA) is 99.8 Å². The van der Waals surface area contributed by atoms with E-state index in [1.165, 1.54) is 0 Å². The normalized spacial score (nSPS) is 11.6. The summed E-state index contributed by atoms with van der Waals surface area (Å²) in [6.07, 6.45) is 6.61. The second-order valence-corrected chi connectivity index (χ2v) is 7.95. The number of nitrogens with two attached hydrogens (primary N) is 1. The molecule has 0 fully saturated rings. The lowest BCUT2D eigenvalue weighted by atomic mass is 10.2. The van der Waals surface area contributed by atoms with Crippen LogP contribution < -0.4 is 16.4 Å². The number of amides is 1. The number of nitrogens with zero attached hydrogens (tertiary/aromatic N) is 1. The van der Waals surface area contributed by atoms with Gasteiger partial charge in [-0.05, 0) is 98.4 Å². The number of aliphatic hydroxyl groups excluding tert-OH is 1. The maximum Gasteiger partial charge on any atom is 0.410 e. The molecule has 0 saturated carbocycles. The lowest BCUT2D eigenvalue weighted by molar-refractivity contribution is 0.0244. The van der Waals surface area contributed by atoms with Gasteiger partial charge in [0.1, 0.15) is 5.60 Å². The molecule has 7 nitrogen and oxygen atoms in total. The lowest BCUT2D eigenvalue weighted by Gasteiger charge is -2.27. The van der Waals surface area contributed by atoms with E-state index in [-0.39, 0.29) is 12.7 Å². The van der Waals surface area contributed by atoms with Gasteiger partial charge in [0.15, 0.2) is 0 Å². The van der Waals surface area contributed by atoms with Crippen LogP contribution in [0, 0.1) is 0 Å². The molecule has 1 amide bonds. The highest BCUT2D eigenvalue weighted by Gasteiger charge is 2.21. The fourth-order valence-electron chi connectivity index (χ4n) is 2.58. The average Bonchev–Trinajstić information content (AvgIpc) is 2.59. The first kappa shape index (κ1) is 26.1. The summed E-state index contributed by atoms with van der Waals surface area (Å²) in [6, 6.07) is 0. The summed E-state index contributed by atoms with van der Waals surface area (Å²) in [6.45, 7) is 12.0. The Balaban J connectivity index is 3.88. The molecule has 0 spiro atoms. The molecule has 162 valence electrons. The monoisotopic (exact) mass is 388 g/mol. The Kier molecular flexibility index (Phi) is 16.7. The summed E-state index contributed by atoms with van der Waals surface area (Å²) < 4.78 is 5.51. The Labute approximate surface area is 166 Å². The van der Waals surface area contributed by atoms with Crippen LogP contribution in [-0.4, -0.2) is 74.1 Å². The van der Waals surface area contributed by atoms with Crippen molar-refractivity contribution in [2.24, 2.45) is 5.73 Å². The number of rotatable bonds is 17. The van der Waals surface area contributed by atoms with Crippen LogP contribution in [0.3, 0.4) is 0 Å². The summed E-state index contributed by atoms with van der Waals surface area (Å²) in [7, 11) is 0. The highest BCUT2D eigenvalue weighted by molar-refractivity contribution is 5.68. The summed E-state index contributed by atoms with van der Waals surface area (Å²) in [5, 5.41) is 15.7. The number of hydrogen-bond donors (Lipinski definition) is 4. The van der Waals surface area contributed by atoms with Gasteiger partial charge in [-0.25, -0.2) is 4.79 Å². The van der Waals surface area contributed by atoms with Crippen molar-refractivity contribution >= 4 is 6.09 Å². The molecule has 0 aliphatic rings. The number of hydrogen-bond acceptors (Lipinski definition) is 6. The number of carbonyl (C=O) groups is 1. The van der Waals surface area contributed by atoms with Crippen LogP contribution in [0.5, 0.6) is 0 Å². The Hall–Kier alpha value is -0.890. The summed E-state index contributed by atoms with van der Waals surface area (Å²) >= 11 is 0. The van der Waals surface area contributed by atoms with E-state index in [0.29, 0.717) is 13.1 Å². The lowest BCUT2D eigenvalue weighted by Crippen LogP contribution is -2.38. The fraction of sp³-hybridized carbons (Fsp3) is 0.950. The molecule has 0 radical (unpaired) electrons. The van der Waals surface area contributed by atoms with Crippen LogP contribution in [0.25, 0.3) is 0 Å². The van der Waals surface area contributed by atoms with Gasteiger partial charge in [0.25, 0.3) is 0 Å². The summed E-state index contributed by atoms with van der Waals surface area (Å²) in [5.74, 6) is 0. The van der Waals surface area contributed by atoms with Gasteiger partial charge < -0.3 is 31.1 Å². The zero-order valence-corrected chi connectivity index (χ0v) is 17.9. The maximum atomic E-state index is 12.4. The van der Waals surface area contributed by atoms with E-state index in [1.54, 1.807) is 4.90 Å². The SMILES string of the molecule is CC(C)(C)OC(=O)N(CCCCCO)CCCNCCCCNCCCN. The molecule has 0 aromatic heterocycles. The van der Waals surface area contributed by atoms with E-state index >= 15 is 0 Å². The maximum absolute atomic E-state index is 12.4. The predicted octanol–water partition coefficient (Wildman–Crippen LogP) is 2.08. The van der Waals surface area contributed by atoms with Gasteiger partial charge in [0.2, 0.25) is 0 Å². The molecular formula is C20H44N4O3. The third-order valence-electron chi connectivity index (χ3n) is 4.03. The third-order valence-corrected chi connectivity index (χ3v) is 4.03. The van der Waals surface area contributed by atoms with Crippen molar-refractivity contribution in [3.8, 4) is 0 Å². The minimum atomic E-state index is -0.475. The Morgan fingerprint density at radius 1 is 0.889 bits per heavy atom. The van der Waals surface area contributed by atoms with Crippen LogP contribution in [0.1, 0.15) is 65.7 Å². The average molecular weight is 389 g/mol. The van der Waals surface area contributed by atoms with Crippen LogP contribution in [-0.2, 0) is 4.74 Å². The molecule has 0 atom stereocenters. The minimum absolute atomic E-state index is 0.207. The molecule has 0 aliphatic carbocycles. The molecule has 0 bridgehead atoms. The quantitative estimate of drug-likeness (QED) is 0.285. The zero-order valence-electron chi connectivity index (χ0n) is 17.9. The molecule has 27 heavy (non-hydrogen) atoms. The number of carbonyl (C=O) groups excluding carboxylic acids is 1. The molecule has 5 N–H and O–H groups in total. The number of unbranched alkanes of at least 4 members (excludes halogenated alkanes) is 3. The van der Waals surface area contributed by atoms with Gasteiger partial charge in [0, 0.05) is 19.7 Å². The first-order chi connectivity index (χ1) is 12.9. The van der Waals surface area contributed by atoms with Crippen LogP contribution in [0.15, 0.2) is 0 Å². The molecule has 0 aromatic rings. The van der Waals surface area contributed by atoms with E-state index in [9.17, 15) is 4.79 Å². The second-order valence-electron chi connectivity index (χ2n) is 7.95. The summed E-state index contributed by atoms with van der Waals surface area (Å²) in [5.41, 5.74) is 4.98. The van der Waals surface area contributed by atoms with E-state index in [0.717, 1.165) is 77.7 Å². The van der Waals surface area contributed by atoms with Gasteiger partial charge >= 0.3 is 6.09 Å². The van der Waals surface area contributed by atoms with Gasteiger partial charge in [-0.1, -0.05) is 0 Å². The smallest absolute Gasteiger partial charge is 0.410 e. The van der Waals surface area contributed by atoms with Crippen molar-refractivity contribution in [2.75, 3.05) is 52.4 Å². The highest BCUT2D eigenvalue weighted by atomic mass is 16.6. The number of aliphatic hydroxyl groups is 1. The summed E-state index contributed by atoms with van der Waals surface area (Å²) in [4.78, 5) is 14.2. The van der Waals surface area contributed by atoms with E-state index in [2.05, 4.69) is 10.6 Å². The molecule has 0 rings (SSSR count). The van der Waals surface area contributed by atoms with E-state index < -0.39 is 5.60 Å². The van der Waals surface area contributed by atoms with Crippen LogP contribution in [0.4, 0.5) is 4.79 Å². The minimum Gasteiger partial charge on any atom is -0.444 e. The van der Waals surface area contributed by atoms with Crippen LogP contribution in [0.2, 0.25) is 0 Å². The van der Waals surface area contributed by atoms with Crippen molar-refractivity contribution in [3.63, 3.8) is 0 Å². The van der Waals surface area contributed by atoms with Crippen molar-refractivity contribution in [1.82, 2.24) is 15.5 Å². The first-order valence-corrected chi connectivity index (χ1v) is 10.6. The fourth-order valence-corrected chi connectivity index (χ4v) is 2.58. The first-order valence-electron chi connectivity index (χ1n) is 10.6. The Morgan fingerprint density at radius 3 is 2.00 bits per heavy atom. The largest absolute Gasteiger partial charge is 0.444 e. The van der Waals surface area contributed by atoms with Gasteiger partial charge in [-0.15, -0.1) is 0 Å². The number of nitrogens with one attached hydrogen (secondary N) is 2. The molecule has 0 unspecified atom stereocenters. The second kappa shape index (κ2) is 17.2. The van der Waals surface area contributed by atoms with Gasteiger partial charge in [0.05, 0.1) is 0 Å². The molecule has 7 heteroatoms. The van der Waals surface area contributed by atoms with E-state index in [1.807, 2.05) is 20.8 Å². The predicted molar refractivity (Wildman–Crippen MR) is 112 cm³/mol. The standard InChI is InChI=1S/C20H44N4O3/c1-20(2,3)27-19(26)24(16-7-4-8-18-25)17-10-15-23-13-6-5-12-22-14-9-11-21/h22-23,25H,4-18,21H2,1-3H3. The van der Waals surface area contributed by atoms with Crippen molar-refractivity contribution in [2.45, 2.75) is 71.3 Å². The molecular weight excluding hydrogens is 344 g/mol. The zero-order chi connectivity index (χ0) is 20.4. The Bertz CT molecular complexity index is 349. The highest BCUT2D eigenvalue weighted by Crippen LogP contribution is 2.11. The molecule has 0 aromatic carbocycles. The van der Waals surface area contributed by atoms with Crippen molar-refractivity contribution < 1.29 is 14.6 Å². The number of ether oxygens (including phenoxy) is 1. The van der Waals surface area contributed by atoms with Crippen molar-refractivity contribution in [3.05, 3.63) is 0 Å². The van der Waals surface area contributed by atoms with E-state index in [4.69, 9.17) is 15.6 Å². The molecule has 0 aliphatic heterocycles. The van der Waals surface area contributed by atoms with Crippen molar-refractivity contribution in [1.29, 1.82) is 0 Å². The van der Waals surface area contributed by atoms with Gasteiger partial charge in [-0.2, -0.15) is 0 Å². The van der Waals surface area contributed by atoms with Gasteiger partial charge in [-0.3, -0.25) is 0 Å². The molecule has 0 heterocycles. The van der Waals surface area contributed by atoms with Crippen LogP contribution >= 0.6 is 0 Å². The third kappa shape index (κ3) is 18.2.